The number of ether oxygens (including phenoxy) is 1. The fourth-order valence-electron chi connectivity index (χ4n) is 2.62. The normalized spacial score (nSPS) is 10.3. The second-order valence-corrected chi connectivity index (χ2v) is 8.30. The van der Waals surface area contributed by atoms with Crippen LogP contribution in [0.1, 0.15) is 11.4 Å². The zero-order chi connectivity index (χ0) is 19.9. The fourth-order valence-corrected chi connectivity index (χ4v) is 4.18. The molecular formula is C22H21ClN4OS2. The smallest absolute Gasteiger partial charge is 0.188 e. The van der Waals surface area contributed by atoms with Crippen LogP contribution in [0.5, 0.6) is 11.5 Å². The Morgan fingerprint density at radius 1 is 1.07 bits per heavy atom. The molecule has 0 saturated carbocycles. The van der Waals surface area contributed by atoms with E-state index in [-0.39, 0.29) is 12.4 Å². The largest absolute Gasteiger partial charge is 0.453 e. The lowest BCUT2D eigenvalue weighted by Crippen LogP contribution is -1.98. The number of aromatic nitrogens is 3. The minimum atomic E-state index is 0. The van der Waals surface area contributed by atoms with E-state index >= 15 is 0 Å². The molecular weight excluding hydrogens is 436 g/mol. The number of benzene rings is 1. The van der Waals surface area contributed by atoms with E-state index in [0.29, 0.717) is 11.6 Å². The predicted molar refractivity (Wildman–Crippen MR) is 127 cm³/mol. The van der Waals surface area contributed by atoms with E-state index in [9.17, 15) is 0 Å². The Labute approximate surface area is 190 Å². The quantitative estimate of drug-likeness (QED) is 0.304. The van der Waals surface area contributed by atoms with Crippen molar-refractivity contribution >= 4 is 46.5 Å². The molecule has 4 aromatic rings. The van der Waals surface area contributed by atoms with Crippen LogP contribution in [0.3, 0.4) is 0 Å². The molecule has 0 aliphatic carbocycles. The van der Waals surface area contributed by atoms with E-state index < -0.39 is 0 Å². The molecule has 0 amide bonds. The first-order valence-electron chi connectivity index (χ1n) is 9.21. The number of anilines is 2. The number of aryl methyl sites for hydroxylation is 2. The number of nitrogens with zero attached hydrogens (tertiary/aromatic N) is 3. The molecule has 0 radical (unpaired) electrons. The Kier molecular flexibility index (Phi) is 8.07. The van der Waals surface area contributed by atoms with Gasteiger partial charge in [0.05, 0.1) is 5.69 Å². The Morgan fingerprint density at radius 2 is 1.90 bits per heavy atom. The van der Waals surface area contributed by atoms with Crippen LogP contribution in [0.2, 0.25) is 0 Å². The molecule has 0 saturated heterocycles. The Balaban J connectivity index is 0.00000256. The van der Waals surface area contributed by atoms with Crippen molar-refractivity contribution in [1.82, 2.24) is 15.0 Å². The van der Waals surface area contributed by atoms with E-state index in [4.69, 9.17) is 4.74 Å². The first-order chi connectivity index (χ1) is 14.3. The number of halogens is 1. The zero-order valence-electron chi connectivity index (χ0n) is 16.3. The van der Waals surface area contributed by atoms with Crippen LogP contribution < -0.4 is 10.1 Å². The van der Waals surface area contributed by atoms with Crippen molar-refractivity contribution in [2.45, 2.75) is 18.2 Å². The molecule has 1 aromatic carbocycles. The summed E-state index contributed by atoms with van der Waals surface area (Å²) in [5, 5.41) is 6.07. The Bertz CT molecular complexity index is 1060. The molecule has 0 atom stereocenters. The molecule has 4 rings (SSSR count). The molecule has 154 valence electrons. The highest BCUT2D eigenvalue weighted by Crippen LogP contribution is 2.34. The summed E-state index contributed by atoms with van der Waals surface area (Å²) >= 11 is 3.28. The summed E-state index contributed by atoms with van der Waals surface area (Å²) in [6.45, 7) is 1.97. The van der Waals surface area contributed by atoms with Gasteiger partial charge in [-0.3, -0.25) is 4.98 Å². The molecule has 0 bridgehead atoms. The summed E-state index contributed by atoms with van der Waals surface area (Å²) in [6.07, 6.45) is 4.59. The van der Waals surface area contributed by atoms with E-state index in [2.05, 4.69) is 20.3 Å². The Hall–Kier alpha value is -2.61. The van der Waals surface area contributed by atoms with Crippen molar-refractivity contribution in [2.24, 2.45) is 0 Å². The van der Waals surface area contributed by atoms with E-state index in [0.717, 1.165) is 39.3 Å². The highest BCUT2D eigenvalue weighted by molar-refractivity contribution is 7.99. The van der Waals surface area contributed by atoms with Gasteiger partial charge in [0.15, 0.2) is 16.7 Å². The van der Waals surface area contributed by atoms with Gasteiger partial charge >= 0.3 is 0 Å². The van der Waals surface area contributed by atoms with Gasteiger partial charge < -0.3 is 10.1 Å². The van der Waals surface area contributed by atoms with Crippen LogP contribution >= 0.6 is 35.5 Å². The number of para-hydroxylation sites is 1. The van der Waals surface area contributed by atoms with Gasteiger partial charge in [0, 0.05) is 34.1 Å². The second kappa shape index (κ2) is 11.0. The third kappa shape index (κ3) is 6.19. The summed E-state index contributed by atoms with van der Waals surface area (Å²) in [7, 11) is 0. The summed E-state index contributed by atoms with van der Waals surface area (Å²) in [5.41, 5.74) is 2.07. The lowest BCUT2D eigenvalue weighted by molar-refractivity contribution is 0.481. The van der Waals surface area contributed by atoms with Crippen molar-refractivity contribution in [2.75, 3.05) is 11.1 Å². The van der Waals surface area contributed by atoms with Gasteiger partial charge in [0.1, 0.15) is 5.75 Å². The molecule has 5 nitrogen and oxygen atoms in total. The Morgan fingerprint density at radius 3 is 2.63 bits per heavy atom. The van der Waals surface area contributed by atoms with Crippen LogP contribution in [-0.2, 0) is 6.42 Å². The number of hydrogen-bond donors (Lipinski definition) is 1. The third-order valence-corrected chi connectivity index (χ3v) is 5.84. The fraction of sp³-hybridized carbons (Fsp3) is 0.136. The zero-order valence-corrected chi connectivity index (χ0v) is 18.8. The minimum absolute atomic E-state index is 0. The van der Waals surface area contributed by atoms with E-state index in [1.54, 1.807) is 23.1 Å². The van der Waals surface area contributed by atoms with Crippen molar-refractivity contribution < 1.29 is 4.74 Å². The van der Waals surface area contributed by atoms with Gasteiger partial charge in [0.2, 0.25) is 0 Å². The monoisotopic (exact) mass is 456 g/mol. The molecule has 30 heavy (non-hydrogen) atoms. The minimum Gasteiger partial charge on any atom is -0.453 e. The number of thioether (sulfide) groups is 1. The molecule has 3 aromatic heterocycles. The lowest BCUT2D eigenvalue weighted by atomic mass is 10.3. The number of pyridine rings is 2. The molecule has 8 heteroatoms. The average Bonchev–Trinajstić information content (AvgIpc) is 3.16. The number of nitrogens with one attached hydrogen (secondary N) is 1. The SMILES string of the molecule is Cc1csc(Nc2ncc(SCCc3ccccn3)cc2Oc2ccccc2)n1.Cl. The van der Waals surface area contributed by atoms with Crippen molar-refractivity contribution in [3.63, 3.8) is 0 Å². The molecule has 0 fully saturated rings. The maximum absolute atomic E-state index is 6.12. The van der Waals surface area contributed by atoms with Crippen LogP contribution in [0.15, 0.2) is 77.3 Å². The van der Waals surface area contributed by atoms with Gasteiger partial charge in [0.25, 0.3) is 0 Å². The molecule has 1 N–H and O–H groups in total. The maximum Gasteiger partial charge on any atom is 0.188 e. The van der Waals surface area contributed by atoms with Gasteiger partial charge in [-0.25, -0.2) is 9.97 Å². The van der Waals surface area contributed by atoms with Gasteiger partial charge in [-0.05, 0) is 43.7 Å². The second-order valence-electron chi connectivity index (χ2n) is 6.27. The van der Waals surface area contributed by atoms with Gasteiger partial charge in [-0.1, -0.05) is 24.3 Å². The summed E-state index contributed by atoms with van der Waals surface area (Å²) in [5.74, 6) is 3.01. The van der Waals surface area contributed by atoms with Crippen LogP contribution in [0.25, 0.3) is 0 Å². The average molecular weight is 457 g/mol. The van der Waals surface area contributed by atoms with Gasteiger partial charge in [-0.2, -0.15) is 0 Å². The summed E-state index contributed by atoms with van der Waals surface area (Å²) in [6, 6.07) is 17.7. The molecule has 0 spiro atoms. The maximum atomic E-state index is 6.12. The molecule has 3 heterocycles. The van der Waals surface area contributed by atoms with Crippen LogP contribution in [-0.4, -0.2) is 20.7 Å². The predicted octanol–water partition coefficient (Wildman–Crippen LogP) is 6.53. The van der Waals surface area contributed by atoms with E-state index in [1.807, 2.05) is 79.3 Å². The standard InChI is InChI=1S/C22H20N4OS2.ClH/c1-16-15-29-22(25-16)26-21-20(27-18-8-3-2-4-9-18)13-19(14-24-21)28-12-10-17-7-5-6-11-23-17;/h2-9,11,13-15H,10,12H2,1H3,(H,24,25,26);1H. The van der Waals surface area contributed by atoms with Crippen LogP contribution in [0, 0.1) is 6.92 Å². The van der Waals surface area contributed by atoms with Crippen LogP contribution in [0.4, 0.5) is 10.9 Å². The highest BCUT2D eigenvalue weighted by atomic mass is 35.5. The van der Waals surface area contributed by atoms with Gasteiger partial charge in [-0.15, -0.1) is 35.5 Å². The lowest BCUT2D eigenvalue weighted by Gasteiger charge is -2.12. The number of thiazole rings is 1. The molecule has 0 unspecified atom stereocenters. The summed E-state index contributed by atoms with van der Waals surface area (Å²) in [4.78, 5) is 14.5. The number of hydrogen-bond acceptors (Lipinski definition) is 7. The first-order valence-corrected chi connectivity index (χ1v) is 11.1. The molecule has 0 aliphatic heterocycles. The topological polar surface area (TPSA) is 59.9 Å². The van der Waals surface area contributed by atoms with Crippen molar-refractivity contribution in [3.05, 3.63) is 83.8 Å². The number of rotatable bonds is 8. The van der Waals surface area contributed by atoms with Crippen molar-refractivity contribution in [1.29, 1.82) is 0 Å². The summed E-state index contributed by atoms with van der Waals surface area (Å²) < 4.78 is 6.12. The van der Waals surface area contributed by atoms with Crippen molar-refractivity contribution in [3.8, 4) is 11.5 Å². The molecule has 0 aliphatic rings. The third-order valence-electron chi connectivity index (χ3n) is 4.00. The van der Waals surface area contributed by atoms with E-state index in [1.165, 1.54) is 0 Å². The highest BCUT2D eigenvalue weighted by Gasteiger charge is 2.11. The first kappa shape index (κ1) is 22.1.